The van der Waals surface area contributed by atoms with Gasteiger partial charge in [0.1, 0.15) is 5.75 Å². The molecule has 0 atom stereocenters. The highest BCUT2D eigenvalue weighted by molar-refractivity contribution is 7.80. The Morgan fingerprint density at radius 2 is 1.65 bits per heavy atom. The molecule has 6 nitrogen and oxygen atoms in total. The molecule has 2 N–H and O–H groups in total. The lowest BCUT2D eigenvalue weighted by Gasteiger charge is -2.21. The molecule has 0 aliphatic heterocycles. The van der Waals surface area contributed by atoms with Gasteiger partial charge in [0.15, 0.2) is 5.11 Å². The summed E-state index contributed by atoms with van der Waals surface area (Å²) in [4.78, 5) is 27.0. The van der Waals surface area contributed by atoms with Crippen LogP contribution in [-0.4, -0.2) is 41.0 Å². The summed E-state index contributed by atoms with van der Waals surface area (Å²) in [5, 5.41) is 5.82. The Labute approximate surface area is 190 Å². The molecule has 0 radical (unpaired) electrons. The van der Waals surface area contributed by atoms with Crippen molar-refractivity contribution in [2.45, 2.75) is 46.6 Å². The first-order chi connectivity index (χ1) is 14.8. The summed E-state index contributed by atoms with van der Waals surface area (Å²) in [6.45, 7) is 9.46. The number of carbonyl (C=O) groups is 2. The average molecular weight is 442 g/mol. The second kappa shape index (κ2) is 12.1. The molecule has 0 bridgehead atoms. The quantitative estimate of drug-likeness (QED) is 0.544. The highest BCUT2D eigenvalue weighted by atomic mass is 32.1. The number of hydrogen-bond donors (Lipinski definition) is 2. The molecule has 0 spiro atoms. The lowest BCUT2D eigenvalue weighted by molar-refractivity contribution is 0.0755. The highest BCUT2D eigenvalue weighted by Crippen LogP contribution is 2.15. The molecule has 0 aliphatic carbocycles. The van der Waals surface area contributed by atoms with Gasteiger partial charge in [0, 0.05) is 29.9 Å². The van der Waals surface area contributed by atoms with Gasteiger partial charge in [-0.3, -0.25) is 14.9 Å². The van der Waals surface area contributed by atoms with Crippen LogP contribution in [0.25, 0.3) is 0 Å². The van der Waals surface area contributed by atoms with Crippen molar-refractivity contribution in [2.75, 3.05) is 18.4 Å². The van der Waals surface area contributed by atoms with Gasteiger partial charge in [0.25, 0.3) is 11.8 Å². The topological polar surface area (TPSA) is 70.7 Å². The van der Waals surface area contributed by atoms with Gasteiger partial charge in [0.2, 0.25) is 0 Å². The maximum absolute atomic E-state index is 12.7. The van der Waals surface area contributed by atoms with Gasteiger partial charge in [-0.1, -0.05) is 19.9 Å². The minimum atomic E-state index is -0.326. The number of amides is 2. The van der Waals surface area contributed by atoms with Gasteiger partial charge >= 0.3 is 0 Å². The van der Waals surface area contributed by atoms with Crippen LogP contribution in [0.2, 0.25) is 0 Å². The fourth-order valence-corrected chi connectivity index (χ4v) is 3.26. The summed E-state index contributed by atoms with van der Waals surface area (Å²) >= 11 is 5.26. The summed E-state index contributed by atoms with van der Waals surface area (Å²) in [7, 11) is 0. The Bertz CT molecular complexity index is 891. The molecule has 31 heavy (non-hydrogen) atoms. The Hall–Kier alpha value is -2.93. The van der Waals surface area contributed by atoms with Gasteiger partial charge in [0.05, 0.1) is 6.10 Å². The summed E-state index contributed by atoms with van der Waals surface area (Å²) in [5.74, 6) is 0.324. The molecule has 7 heteroatoms. The van der Waals surface area contributed by atoms with Crippen molar-refractivity contribution in [3.8, 4) is 5.75 Å². The van der Waals surface area contributed by atoms with E-state index in [4.69, 9.17) is 17.0 Å². The summed E-state index contributed by atoms with van der Waals surface area (Å²) in [5.41, 5.74) is 1.77. The number of anilines is 1. The monoisotopic (exact) mass is 441 g/mol. The van der Waals surface area contributed by atoms with E-state index in [0.717, 1.165) is 25.9 Å². The molecule has 2 aromatic rings. The minimum Gasteiger partial charge on any atom is -0.491 e. The van der Waals surface area contributed by atoms with Crippen LogP contribution in [-0.2, 0) is 0 Å². The molecule has 0 unspecified atom stereocenters. The van der Waals surface area contributed by atoms with Gasteiger partial charge in [-0.25, -0.2) is 0 Å². The Kier molecular flexibility index (Phi) is 9.46. The van der Waals surface area contributed by atoms with Crippen LogP contribution in [0.4, 0.5) is 5.69 Å². The minimum absolute atomic E-state index is 0.0203. The molecule has 0 saturated carbocycles. The van der Waals surface area contributed by atoms with Crippen molar-refractivity contribution in [2.24, 2.45) is 0 Å². The van der Waals surface area contributed by atoms with Crippen LogP contribution in [0.15, 0.2) is 48.5 Å². The molecular formula is C24H31N3O3S. The fraction of sp³-hybridized carbons (Fsp3) is 0.375. The van der Waals surface area contributed by atoms with E-state index in [9.17, 15) is 9.59 Å². The van der Waals surface area contributed by atoms with Crippen LogP contribution in [0.1, 0.15) is 61.3 Å². The van der Waals surface area contributed by atoms with E-state index in [1.165, 1.54) is 0 Å². The van der Waals surface area contributed by atoms with Gasteiger partial charge in [-0.15, -0.1) is 0 Å². The maximum Gasteiger partial charge on any atom is 0.257 e. The number of carbonyl (C=O) groups excluding carboxylic acids is 2. The van der Waals surface area contributed by atoms with E-state index in [0.29, 0.717) is 22.6 Å². The number of ether oxygens (including phenoxy) is 1. The third-order valence-electron chi connectivity index (χ3n) is 4.36. The van der Waals surface area contributed by atoms with Crippen molar-refractivity contribution < 1.29 is 14.3 Å². The summed E-state index contributed by atoms with van der Waals surface area (Å²) in [6.07, 6.45) is 1.87. The predicted molar refractivity (Wildman–Crippen MR) is 129 cm³/mol. The zero-order valence-corrected chi connectivity index (χ0v) is 19.4. The first kappa shape index (κ1) is 24.3. The molecule has 0 aliphatic rings. The smallest absolute Gasteiger partial charge is 0.257 e. The van der Waals surface area contributed by atoms with E-state index in [-0.39, 0.29) is 23.0 Å². The Morgan fingerprint density at radius 1 is 1.00 bits per heavy atom. The third-order valence-corrected chi connectivity index (χ3v) is 4.56. The Balaban J connectivity index is 1.96. The molecule has 166 valence electrons. The molecular weight excluding hydrogens is 410 g/mol. The van der Waals surface area contributed by atoms with Crippen LogP contribution in [0, 0.1) is 0 Å². The van der Waals surface area contributed by atoms with Crippen molar-refractivity contribution >= 4 is 34.8 Å². The molecule has 0 heterocycles. The molecule has 2 rings (SSSR count). The Morgan fingerprint density at radius 3 is 2.23 bits per heavy atom. The third kappa shape index (κ3) is 7.68. The number of hydrogen-bond acceptors (Lipinski definition) is 4. The van der Waals surface area contributed by atoms with Crippen LogP contribution in [0.5, 0.6) is 5.75 Å². The van der Waals surface area contributed by atoms with Gasteiger partial charge in [-0.05, 0) is 81.4 Å². The number of nitrogens with zero attached hydrogens (tertiary/aromatic N) is 1. The van der Waals surface area contributed by atoms with E-state index < -0.39 is 0 Å². The van der Waals surface area contributed by atoms with Crippen LogP contribution in [0.3, 0.4) is 0 Å². The molecule has 2 aromatic carbocycles. The predicted octanol–water partition coefficient (Wildman–Crippen LogP) is 4.86. The zero-order chi connectivity index (χ0) is 22.8. The molecule has 0 saturated heterocycles. The van der Waals surface area contributed by atoms with Crippen molar-refractivity contribution in [1.29, 1.82) is 0 Å². The van der Waals surface area contributed by atoms with Crippen molar-refractivity contribution in [3.05, 3.63) is 59.7 Å². The summed E-state index contributed by atoms with van der Waals surface area (Å²) in [6, 6.07) is 14.0. The number of thiocarbonyl (C=S) groups is 1. The van der Waals surface area contributed by atoms with Gasteiger partial charge in [-0.2, -0.15) is 0 Å². The van der Waals surface area contributed by atoms with E-state index in [1.807, 2.05) is 18.7 Å². The summed E-state index contributed by atoms with van der Waals surface area (Å²) < 4.78 is 5.62. The molecule has 0 aromatic heterocycles. The van der Waals surface area contributed by atoms with Crippen LogP contribution < -0.4 is 15.4 Å². The van der Waals surface area contributed by atoms with E-state index in [1.54, 1.807) is 48.5 Å². The lowest BCUT2D eigenvalue weighted by atomic mass is 10.1. The fourth-order valence-electron chi connectivity index (χ4n) is 3.05. The molecule has 2 amide bonds. The SMILES string of the molecule is CCCN(CCC)C(=O)c1ccc(NC(=S)NC(=O)c2cccc(OC(C)C)c2)cc1. The van der Waals surface area contributed by atoms with E-state index >= 15 is 0 Å². The number of nitrogens with one attached hydrogen (secondary N) is 2. The van der Waals surface area contributed by atoms with E-state index in [2.05, 4.69) is 24.5 Å². The van der Waals surface area contributed by atoms with Crippen molar-refractivity contribution in [1.82, 2.24) is 10.2 Å². The van der Waals surface area contributed by atoms with Crippen molar-refractivity contribution in [3.63, 3.8) is 0 Å². The second-order valence-electron chi connectivity index (χ2n) is 7.47. The average Bonchev–Trinajstić information content (AvgIpc) is 2.73. The number of benzene rings is 2. The normalized spacial score (nSPS) is 10.5. The van der Waals surface area contributed by atoms with Gasteiger partial charge < -0.3 is 15.0 Å². The molecule has 0 fully saturated rings. The maximum atomic E-state index is 12.7. The highest BCUT2D eigenvalue weighted by Gasteiger charge is 2.14. The second-order valence-corrected chi connectivity index (χ2v) is 7.88. The largest absolute Gasteiger partial charge is 0.491 e. The number of rotatable bonds is 9. The first-order valence-corrected chi connectivity index (χ1v) is 11.0. The standard InChI is InChI=1S/C24H31N3O3S/c1-5-14-27(15-6-2)23(29)18-10-12-20(13-11-18)25-24(31)26-22(28)19-8-7-9-21(16-19)30-17(3)4/h7-13,16-17H,5-6,14-15H2,1-4H3,(H2,25,26,28,31). The first-order valence-electron chi connectivity index (χ1n) is 10.6. The zero-order valence-electron chi connectivity index (χ0n) is 18.6. The lowest BCUT2D eigenvalue weighted by Crippen LogP contribution is -2.34. The van der Waals surface area contributed by atoms with Crippen LogP contribution >= 0.6 is 12.2 Å².